The minimum absolute atomic E-state index is 0.0855. The fraction of sp³-hybridized carbons (Fsp3) is 0.107. The number of halogens is 3. The third-order valence-electron chi connectivity index (χ3n) is 6.24. The number of hydrogen-bond acceptors (Lipinski definition) is 5. The molecule has 1 unspecified atom stereocenters. The Balaban J connectivity index is 1.71. The Morgan fingerprint density at radius 3 is 2.30 bits per heavy atom. The molecule has 5 rings (SSSR count). The lowest BCUT2D eigenvalue weighted by Gasteiger charge is -2.12. The minimum Gasteiger partial charge on any atom is -0.476 e. The van der Waals surface area contributed by atoms with Gasteiger partial charge in [-0.05, 0) is 41.8 Å². The molecule has 3 N–H and O–H groups in total. The average molecular weight is 584 g/mol. The highest BCUT2D eigenvalue weighted by Crippen LogP contribution is 2.40. The fourth-order valence-corrected chi connectivity index (χ4v) is 5.49. The first-order chi connectivity index (χ1) is 19.0. The normalized spacial score (nSPS) is 12.4. The summed E-state index contributed by atoms with van der Waals surface area (Å²) >= 11 is 0.753. The molecule has 2 aromatic heterocycles. The van der Waals surface area contributed by atoms with Gasteiger partial charge in [0.2, 0.25) is 5.13 Å². The molecule has 7 nitrogen and oxygen atoms in total. The molecule has 12 heteroatoms. The van der Waals surface area contributed by atoms with Gasteiger partial charge in [0.05, 0.1) is 5.69 Å². The van der Waals surface area contributed by atoms with Crippen LogP contribution in [0.25, 0.3) is 27.5 Å². The van der Waals surface area contributed by atoms with E-state index in [1.54, 1.807) is 30.3 Å². The molecule has 0 aliphatic carbocycles. The van der Waals surface area contributed by atoms with E-state index in [1.165, 1.54) is 17.5 Å². The Bertz CT molecular complexity index is 1730. The van der Waals surface area contributed by atoms with Crippen molar-refractivity contribution >= 4 is 28.3 Å². The van der Waals surface area contributed by atoms with Crippen molar-refractivity contribution in [2.75, 3.05) is 0 Å². The summed E-state index contributed by atoms with van der Waals surface area (Å²) in [6, 6.07) is 21.0. The highest BCUT2D eigenvalue weighted by Gasteiger charge is 2.41. The van der Waals surface area contributed by atoms with Gasteiger partial charge >= 0.3 is 12.1 Å². The van der Waals surface area contributed by atoms with Crippen LogP contribution in [0.2, 0.25) is 0 Å². The van der Waals surface area contributed by atoms with Crippen molar-refractivity contribution in [3.63, 3.8) is 0 Å². The highest BCUT2D eigenvalue weighted by molar-refractivity contribution is 7.82. The van der Waals surface area contributed by atoms with Gasteiger partial charge in [-0.3, -0.25) is 0 Å². The minimum atomic E-state index is -4.84. The monoisotopic (exact) mass is 583 g/mol. The first kappa shape index (κ1) is 27.4. The van der Waals surface area contributed by atoms with Crippen LogP contribution in [0.4, 0.5) is 13.2 Å². The number of aromatic nitrogens is 3. The number of carboxylic acid groups (broad SMARTS) is 1. The average Bonchev–Trinajstić information content (AvgIpc) is 3.55. The molecule has 0 saturated carbocycles. The second-order valence-corrected chi connectivity index (χ2v) is 11.0. The molecule has 0 spiro atoms. The summed E-state index contributed by atoms with van der Waals surface area (Å²) in [6.45, 7) is 1.96. The van der Waals surface area contributed by atoms with Crippen molar-refractivity contribution in [1.29, 1.82) is 0 Å². The van der Waals surface area contributed by atoms with E-state index < -0.39 is 28.8 Å². The maximum Gasteiger partial charge on any atom is 0.433 e. The van der Waals surface area contributed by atoms with E-state index in [0.717, 1.165) is 28.0 Å². The summed E-state index contributed by atoms with van der Waals surface area (Å²) in [6.07, 6.45) is -5.00. The lowest BCUT2D eigenvalue weighted by molar-refractivity contribution is -0.143. The SMILES string of the molecule is Cc1ccc(-c2cccc(-c3nn(-c4nc(C(=O)O)cs4)c(C(F)(F)F)c3Cc3ccc([SH+](N)=O)cc3)c2)cc1. The maximum atomic E-state index is 14.7. The third kappa shape index (κ3) is 5.60. The van der Waals surface area contributed by atoms with Crippen LogP contribution >= 0.6 is 11.3 Å². The zero-order valence-electron chi connectivity index (χ0n) is 20.9. The van der Waals surface area contributed by atoms with Crippen LogP contribution in [0.15, 0.2) is 83.1 Å². The number of nitrogens with two attached hydrogens (primary N) is 1. The van der Waals surface area contributed by atoms with Crippen LogP contribution in [-0.4, -0.2) is 25.8 Å². The third-order valence-corrected chi connectivity index (χ3v) is 7.86. The molecule has 0 radical (unpaired) electrons. The second kappa shape index (κ2) is 10.8. The van der Waals surface area contributed by atoms with Crippen LogP contribution in [0, 0.1) is 6.92 Å². The lowest BCUT2D eigenvalue weighted by Crippen LogP contribution is -2.16. The molecule has 3 aromatic carbocycles. The van der Waals surface area contributed by atoms with Crippen LogP contribution < -0.4 is 5.14 Å². The molecule has 0 aliphatic rings. The standard InChI is InChI=1S/C28H21F3N4O3S2/c1-16-5-9-18(10-6-16)19-3-2-4-20(14-19)24-22(13-17-7-11-21(12-8-17)40(32)38)25(28(29,30)31)35(34-24)27-33-23(15-39-27)26(36)37/h2-12,14-15H,13H2,1H3,(H2,32,38)(H,36,37)/p+1. The second-order valence-electron chi connectivity index (χ2n) is 9.02. The number of thiazole rings is 1. The van der Waals surface area contributed by atoms with Gasteiger partial charge in [0.1, 0.15) is 0 Å². The van der Waals surface area contributed by atoms with Crippen molar-refractivity contribution in [3.05, 3.63) is 106 Å². The lowest BCUT2D eigenvalue weighted by atomic mass is 9.96. The summed E-state index contributed by atoms with van der Waals surface area (Å²) in [5.74, 6) is -1.35. The predicted molar refractivity (Wildman–Crippen MR) is 148 cm³/mol. The van der Waals surface area contributed by atoms with E-state index in [9.17, 15) is 27.3 Å². The summed E-state index contributed by atoms with van der Waals surface area (Å²) in [5, 5.41) is 20.1. The van der Waals surface area contributed by atoms with Crippen molar-refractivity contribution < 1.29 is 27.3 Å². The number of aryl methyl sites for hydroxylation is 1. The first-order valence-electron chi connectivity index (χ1n) is 11.9. The maximum absolute atomic E-state index is 14.7. The number of carbonyl (C=O) groups is 1. The smallest absolute Gasteiger partial charge is 0.433 e. The topological polar surface area (TPSA) is 111 Å². The molecular formula is C28H22F3N4O3S2+. The Hall–Kier alpha value is -4.13. The summed E-state index contributed by atoms with van der Waals surface area (Å²) < 4.78 is 56.4. The van der Waals surface area contributed by atoms with Gasteiger partial charge in [-0.1, -0.05) is 64.4 Å². The van der Waals surface area contributed by atoms with Gasteiger partial charge in [0.15, 0.2) is 27.3 Å². The molecule has 0 bridgehead atoms. The van der Waals surface area contributed by atoms with Gasteiger partial charge in [-0.15, -0.1) is 16.5 Å². The quantitative estimate of drug-likeness (QED) is 0.175. The van der Waals surface area contributed by atoms with Gasteiger partial charge in [-0.25, -0.2) is 14.5 Å². The fourth-order valence-electron chi connectivity index (χ4n) is 4.30. The Morgan fingerprint density at radius 2 is 1.70 bits per heavy atom. The highest BCUT2D eigenvalue weighted by atomic mass is 32.2. The molecule has 2 heterocycles. The number of aromatic carboxylic acids is 1. The van der Waals surface area contributed by atoms with E-state index in [1.807, 2.05) is 37.3 Å². The van der Waals surface area contributed by atoms with Gasteiger partial charge in [0.25, 0.3) is 0 Å². The van der Waals surface area contributed by atoms with Crippen LogP contribution in [0.1, 0.15) is 32.9 Å². The molecular weight excluding hydrogens is 561 g/mol. The van der Waals surface area contributed by atoms with Crippen molar-refractivity contribution in [2.45, 2.75) is 24.4 Å². The summed E-state index contributed by atoms with van der Waals surface area (Å²) in [5.41, 5.74) is 2.29. The van der Waals surface area contributed by atoms with E-state index in [-0.39, 0.29) is 28.5 Å². The molecule has 5 aromatic rings. The van der Waals surface area contributed by atoms with Gasteiger partial charge < -0.3 is 5.11 Å². The van der Waals surface area contributed by atoms with Crippen molar-refractivity contribution in [3.8, 4) is 27.5 Å². The predicted octanol–water partition coefficient (Wildman–Crippen LogP) is 6.21. The molecule has 0 aliphatic heterocycles. The number of benzene rings is 3. The molecule has 0 amide bonds. The van der Waals surface area contributed by atoms with Crippen LogP contribution in [0.3, 0.4) is 0 Å². The number of alkyl halides is 3. The molecule has 0 saturated heterocycles. The Labute approximate surface area is 233 Å². The number of thiol groups is 1. The van der Waals surface area contributed by atoms with E-state index in [4.69, 9.17) is 5.14 Å². The van der Waals surface area contributed by atoms with Crippen LogP contribution in [0.5, 0.6) is 0 Å². The zero-order chi connectivity index (χ0) is 28.6. The Kier molecular flexibility index (Phi) is 7.41. The molecule has 0 fully saturated rings. The van der Waals surface area contributed by atoms with Gasteiger partial charge in [0, 0.05) is 22.9 Å². The first-order valence-corrected chi connectivity index (χ1v) is 14.1. The molecule has 204 valence electrons. The van der Waals surface area contributed by atoms with E-state index in [2.05, 4.69) is 10.1 Å². The molecule has 40 heavy (non-hydrogen) atoms. The summed E-state index contributed by atoms with van der Waals surface area (Å²) in [7, 11) is -2.09. The number of nitrogens with zero attached hydrogens (tertiary/aromatic N) is 3. The molecule has 1 atom stereocenters. The summed E-state index contributed by atoms with van der Waals surface area (Å²) in [4.78, 5) is 15.7. The zero-order valence-corrected chi connectivity index (χ0v) is 22.6. The van der Waals surface area contributed by atoms with E-state index in [0.29, 0.717) is 20.7 Å². The van der Waals surface area contributed by atoms with Crippen molar-refractivity contribution in [1.82, 2.24) is 14.8 Å². The number of rotatable bonds is 7. The Morgan fingerprint density at radius 1 is 1.02 bits per heavy atom. The van der Waals surface area contributed by atoms with Crippen LogP contribution in [-0.2, 0) is 27.8 Å². The number of carboxylic acids is 1. The number of hydrogen-bond donors (Lipinski definition) is 2. The van der Waals surface area contributed by atoms with Crippen molar-refractivity contribution in [2.24, 2.45) is 5.14 Å². The van der Waals surface area contributed by atoms with Gasteiger partial charge in [-0.2, -0.15) is 18.3 Å². The van der Waals surface area contributed by atoms with E-state index >= 15 is 0 Å². The largest absolute Gasteiger partial charge is 0.476 e.